The van der Waals surface area contributed by atoms with Gasteiger partial charge in [-0.25, -0.2) is 4.39 Å². The van der Waals surface area contributed by atoms with E-state index in [1.165, 1.54) is 18.2 Å². The molecule has 4 nitrogen and oxygen atoms in total. The minimum Gasteiger partial charge on any atom is -0.369 e. The van der Waals surface area contributed by atoms with Crippen molar-refractivity contribution in [1.29, 1.82) is 0 Å². The Labute approximate surface area is 220 Å². The molecule has 1 aliphatic heterocycles. The highest BCUT2D eigenvalue weighted by molar-refractivity contribution is 6.33. The largest absolute Gasteiger partial charge is 0.369 e. The fourth-order valence-corrected chi connectivity index (χ4v) is 4.68. The van der Waals surface area contributed by atoms with Crippen LogP contribution < -0.4 is 0 Å². The number of rotatable bonds is 8. The number of amides is 1. The van der Waals surface area contributed by atoms with E-state index in [0.717, 1.165) is 37.2 Å². The van der Waals surface area contributed by atoms with Crippen LogP contribution in [0.4, 0.5) is 4.39 Å². The molecule has 0 radical (unpaired) electrons. The van der Waals surface area contributed by atoms with Gasteiger partial charge in [-0.05, 0) is 53.9 Å². The number of benzene rings is 3. The van der Waals surface area contributed by atoms with E-state index in [1.807, 2.05) is 48.5 Å². The monoisotopic (exact) mass is 534 g/mol. The molecule has 4 rings (SSSR count). The van der Waals surface area contributed by atoms with E-state index in [4.69, 9.17) is 39.5 Å². The first-order valence-electron chi connectivity index (χ1n) is 11.5. The lowest BCUT2D eigenvalue weighted by molar-refractivity contribution is 0.0547. The SMILES string of the molecule is O=C(c1c(F)cccc1Cl)N1CCN(CCCOC(c2ccc(Cl)cc2)c2ccc(Cl)cc2)CC1. The van der Waals surface area contributed by atoms with Gasteiger partial charge in [0.05, 0.1) is 10.6 Å². The Kier molecular flexibility index (Phi) is 9.04. The summed E-state index contributed by atoms with van der Waals surface area (Å²) in [4.78, 5) is 16.7. The summed E-state index contributed by atoms with van der Waals surface area (Å²) in [7, 11) is 0. The van der Waals surface area contributed by atoms with E-state index >= 15 is 0 Å². The zero-order chi connectivity index (χ0) is 24.8. The van der Waals surface area contributed by atoms with Crippen LogP contribution in [0.1, 0.15) is 34.0 Å². The molecular formula is C27H26Cl3FN2O2. The van der Waals surface area contributed by atoms with Gasteiger partial charge in [0.25, 0.3) is 5.91 Å². The van der Waals surface area contributed by atoms with Crippen LogP contribution in [0.25, 0.3) is 0 Å². The Balaban J connectivity index is 1.28. The van der Waals surface area contributed by atoms with Gasteiger partial charge in [-0.15, -0.1) is 0 Å². The van der Waals surface area contributed by atoms with Crippen LogP contribution in [0.3, 0.4) is 0 Å². The van der Waals surface area contributed by atoms with Crippen LogP contribution in [0.5, 0.6) is 0 Å². The van der Waals surface area contributed by atoms with Gasteiger partial charge in [0.15, 0.2) is 0 Å². The van der Waals surface area contributed by atoms with Crippen molar-refractivity contribution in [2.45, 2.75) is 12.5 Å². The van der Waals surface area contributed by atoms with Crippen LogP contribution in [0.15, 0.2) is 66.7 Å². The maximum atomic E-state index is 14.1. The van der Waals surface area contributed by atoms with Crippen LogP contribution >= 0.6 is 34.8 Å². The van der Waals surface area contributed by atoms with Crippen molar-refractivity contribution in [3.8, 4) is 0 Å². The maximum Gasteiger partial charge on any atom is 0.258 e. The molecule has 0 bridgehead atoms. The smallest absolute Gasteiger partial charge is 0.258 e. The topological polar surface area (TPSA) is 32.8 Å². The average molecular weight is 536 g/mol. The third-order valence-corrected chi connectivity index (χ3v) is 6.90. The summed E-state index contributed by atoms with van der Waals surface area (Å²) in [5.74, 6) is -0.942. The molecule has 1 heterocycles. The Bertz CT molecular complexity index is 1070. The Morgan fingerprint density at radius 2 is 1.43 bits per heavy atom. The minimum atomic E-state index is -0.585. The van der Waals surface area contributed by atoms with Gasteiger partial charge in [0.2, 0.25) is 0 Å². The number of carbonyl (C=O) groups is 1. The van der Waals surface area contributed by atoms with E-state index in [9.17, 15) is 9.18 Å². The molecule has 0 aliphatic carbocycles. The quantitative estimate of drug-likeness (QED) is 0.300. The Morgan fingerprint density at radius 3 is 1.97 bits per heavy atom. The average Bonchev–Trinajstić information content (AvgIpc) is 2.86. The molecule has 0 saturated carbocycles. The van der Waals surface area contributed by atoms with Gasteiger partial charge in [0.1, 0.15) is 11.9 Å². The zero-order valence-corrected chi connectivity index (χ0v) is 21.4. The zero-order valence-electron chi connectivity index (χ0n) is 19.1. The predicted octanol–water partition coefficient (Wildman–Crippen LogP) is 6.74. The molecule has 3 aromatic rings. The normalized spacial score (nSPS) is 14.5. The lowest BCUT2D eigenvalue weighted by Gasteiger charge is -2.35. The van der Waals surface area contributed by atoms with Gasteiger partial charge in [0, 0.05) is 49.4 Å². The van der Waals surface area contributed by atoms with Gasteiger partial charge in [-0.2, -0.15) is 0 Å². The molecule has 0 unspecified atom stereocenters. The van der Waals surface area contributed by atoms with E-state index < -0.39 is 5.82 Å². The van der Waals surface area contributed by atoms with Gasteiger partial charge < -0.3 is 9.64 Å². The number of nitrogens with zero attached hydrogens (tertiary/aromatic N) is 2. The second-order valence-electron chi connectivity index (χ2n) is 8.44. The highest BCUT2D eigenvalue weighted by Crippen LogP contribution is 2.28. The first-order valence-corrected chi connectivity index (χ1v) is 12.6. The van der Waals surface area contributed by atoms with Crippen molar-refractivity contribution in [3.05, 3.63) is 104 Å². The number of halogens is 4. The van der Waals surface area contributed by atoms with E-state index in [0.29, 0.717) is 29.7 Å². The molecule has 0 spiro atoms. The summed E-state index contributed by atoms with van der Waals surface area (Å²) in [6.45, 7) is 3.91. The third kappa shape index (κ3) is 6.75. The standard InChI is InChI=1S/C27H26Cl3FN2O2/c28-21-9-5-19(6-10-21)26(20-7-11-22(29)12-8-20)35-18-2-13-32-14-16-33(17-15-32)27(34)25-23(30)3-1-4-24(25)31/h1,3-12,26H,2,13-18H2. The summed E-state index contributed by atoms with van der Waals surface area (Å²) in [6.07, 6.45) is 0.620. The Morgan fingerprint density at radius 1 is 0.857 bits per heavy atom. The lowest BCUT2D eigenvalue weighted by atomic mass is 10.0. The maximum absolute atomic E-state index is 14.1. The third-order valence-electron chi connectivity index (χ3n) is 6.08. The molecule has 1 amide bonds. The number of piperazine rings is 1. The molecule has 3 aromatic carbocycles. The van der Waals surface area contributed by atoms with E-state index in [1.54, 1.807) is 4.90 Å². The first-order chi connectivity index (χ1) is 16.9. The van der Waals surface area contributed by atoms with Crippen molar-refractivity contribution < 1.29 is 13.9 Å². The van der Waals surface area contributed by atoms with Crippen molar-refractivity contribution in [3.63, 3.8) is 0 Å². The van der Waals surface area contributed by atoms with Crippen molar-refractivity contribution >= 4 is 40.7 Å². The number of hydrogen-bond acceptors (Lipinski definition) is 3. The van der Waals surface area contributed by atoms with Gasteiger partial charge in [-0.1, -0.05) is 65.1 Å². The lowest BCUT2D eigenvalue weighted by Crippen LogP contribution is -2.49. The number of hydrogen-bond donors (Lipinski definition) is 0. The van der Waals surface area contributed by atoms with Crippen LogP contribution in [0, 0.1) is 5.82 Å². The summed E-state index contributed by atoms with van der Waals surface area (Å²) in [5.41, 5.74) is 2.00. The molecule has 184 valence electrons. The Hall–Kier alpha value is -2.15. The van der Waals surface area contributed by atoms with E-state index in [2.05, 4.69) is 4.90 Å². The summed E-state index contributed by atoms with van der Waals surface area (Å²) >= 11 is 18.2. The molecule has 0 atom stereocenters. The summed E-state index contributed by atoms with van der Waals surface area (Å²) < 4.78 is 20.4. The molecule has 1 fully saturated rings. The molecule has 0 aromatic heterocycles. The fourth-order valence-electron chi connectivity index (χ4n) is 4.18. The van der Waals surface area contributed by atoms with Gasteiger partial charge in [-0.3, -0.25) is 9.69 Å². The second kappa shape index (κ2) is 12.2. The highest BCUT2D eigenvalue weighted by Gasteiger charge is 2.25. The minimum absolute atomic E-state index is 0.0496. The molecule has 0 N–H and O–H groups in total. The fraction of sp³-hybridized carbons (Fsp3) is 0.296. The van der Waals surface area contributed by atoms with Crippen LogP contribution in [-0.4, -0.2) is 55.0 Å². The molecule has 8 heteroatoms. The van der Waals surface area contributed by atoms with Crippen molar-refractivity contribution in [1.82, 2.24) is 9.80 Å². The highest BCUT2D eigenvalue weighted by atomic mass is 35.5. The molecule has 1 aliphatic rings. The summed E-state index contributed by atoms with van der Waals surface area (Å²) in [5, 5.41) is 1.50. The molecular weight excluding hydrogens is 510 g/mol. The van der Waals surface area contributed by atoms with Gasteiger partial charge >= 0.3 is 0 Å². The van der Waals surface area contributed by atoms with Crippen LogP contribution in [-0.2, 0) is 4.74 Å². The predicted molar refractivity (Wildman–Crippen MR) is 139 cm³/mol. The molecule has 35 heavy (non-hydrogen) atoms. The van der Waals surface area contributed by atoms with Crippen molar-refractivity contribution in [2.75, 3.05) is 39.3 Å². The van der Waals surface area contributed by atoms with Crippen molar-refractivity contribution in [2.24, 2.45) is 0 Å². The number of ether oxygens (including phenoxy) is 1. The number of carbonyl (C=O) groups excluding carboxylic acids is 1. The van der Waals surface area contributed by atoms with E-state index in [-0.39, 0.29) is 22.6 Å². The first kappa shape index (κ1) is 25.9. The molecule has 1 saturated heterocycles. The van der Waals surface area contributed by atoms with Crippen LogP contribution in [0.2, 0.25) is 15.1 Å². The second-order valence-corrected chi connectivity index (χ2v) is 9.72. The summed E-state index contributed by atoms with van der Waals surface area (Å²) in [6, 6.07) is 19.6.